The highest BCUT2D eigenvalue weighted by atomic mass is 15.1. The average Bonchev–Trinajstić information content (AvgIpc) is 2.49. The van der Waals surface area contributed by atoms with E-state index < -0.39 is 0 Å². The lowest BCUT2D eigenvalue weighted by Gasteiger charge is -2.31. The molecule has 112 valence electrons. The Kier molecular flexibility index (Phi) is 6.06. The summed E-state index contributed by atoms with van der Waals surface area (Å²) < 4.78 is 0. The Morgan fingerprint density at radius 2 is 1.80 bits per heavy atom. The first-order valence-electron chi connectivity index (χ1n) is 8.14. The Morgan fingerprint density at radius 3 is 2.40 bits per heavy atom. The second-order valence-electron chi connectivity index (χ2n) is 6.41. The molecule has 1 aliphatic carbocycles. The summed E-state index contributed by atoms with van der Waals surface area (Å²) in [7, 11) is 4.30. The van der Waals surface area contributed by atoms with E-state index in [1.54, 1.807) is 0 Å². The van der Waals surface area contributed by atoms with Crippen LogP contribution in [-0.4, -0.2) is 31.6 Å². The molecule has 0 saturated heterocycles. The number of nitrogens with one attached hydrogen (secondary N) is 1. The SMILES string of the molecule is CNCC(C)c1ccc(CN(C)C2CCCCC2)cc1. The summed E-state index contributed by atoms with van der Waals surface area (Å²) in [6.45, 7) is 4.41. The maximum atomic E-state index is 3.25. The summed E-state index contributed by atoms with van der Waals surface area (Å²) in [5.74, 6) is 0.588. The standard InChI is InChI=1S/C18H30N2/c1-15(13-19-2)17-11-9-16(10-12-17)14-20(3)18-7-5-4-6-8-18/h9-12,15,18-19H,4-8,13-14H2,1-3H3. The predicted octanol–water partition coefficient (Wildman–Crippen LogP) is 3.77. The number of hydrogen-bond acceptors (Lipinski definition) is 2. The van der Waals surface area contributed by atoms with Crippen molar-refractivity contribution in [3.8, 4) is 0 Å². The monoisotopic (exact) mass is 274 g/mol. The first kappa shape index (κ1) is 15.5. The van der Waals surface area contributed by atoms with E-state index in [2.05, 4.69) is 48.5 Å². The minimum atomic E-state index is 0.588. The Balaban J connectivity index is 1.89. The van der Waals surface area contributed by atoms with Crippen LogP contribution >= 0.6 is 0 Å². The summed E-state index contributed by atoms with van der Waals surface area (Å²) in [6, 6.07) is 10.0. The summed E-state index contributed by atoms with van der Waals surface area (Å²) >= 11 is 0. The summed E-state index contributed by atoms with van der Waals surface area (Å²) in [5, 5.41) is 3.25. The summed E-state index contributed by atoms with van der Waals surface area (Å²) in [4.78, 5) is 2.55. The van der Waals surface area contributed by atoms with E-state index in [-0.39, 0.29) is 0 Å². The van der Waals surface area contributed by atoms with Crippen molar-refractivity contribution in [3.05, 3.63) is 35.4 Å². The number of rotatable bonds is 6. The van der Waals surface area contributed by atoms with E-state index in [0.29, 0.717) is 5.92 Å². The molecule has 1 aliphatic rings. The second kappa shape index (κ2) is 7.80. The van der Waals surface area contributed by atoms with Crippen LogP contribution in [0, 0.1) is 0 Å². The molecule has 0 aromatic heterocycles. The van der Waals surface area contributed by atoms with Crippen molar-refractivity contribution in [2.24, 2.45) is 0 Å². The molecule has 1 N–H and O–H groups in total. The van der Waals surface area contributed by atoms with Crippen molar-refractivity contribution in [1.82, 2.24) is 10.2 Å². The number of nitrogens with zero attached hydrogens (tertiary/aromatic N) is 1. The first-order chi connectivity index (χ1) is 9.70. The van der Waals surface area contributed by atoms with Crippen LogP contribution < -0.4 is 5.32 Å². The summed E-state index contributed by atoms with van der Waals surface area (Å²) in [6.07, 6.45) is 7.02. The van der Waals surface area contributed by atoms with Crippen LogP contribution in [0.1, 0.15) is 56.1 Å². The molecule has 2 rings (SSSR count). The fourth-order valence-corrected chi connectivity index (χ4v) is 3.31. The lowest BCUT2D eigenvalue weighted by Crippen LogP contribution is -2.32. The largest absolute Gasteiger partial charge is 0.319 e. The molecular formula is C18H30N2. The zero-order valence-corrected chi connectivity index (χ0v) is 13.4. The highest BCUT2D eigenvalue weighted by molar-refractivity contribution is 5.25. The van der Waals surface area contributed by atoms with Gasteiger partial charge in [0, 0.05) is 19.1 Å². The zero-order chi connectivity index (χ0) is 14.4. The fourth-order valence-electron chi connectivity index (χ4n) is 3.31. The van der Waals surface area contributed by atoms with Gasteiger partial charge in [-0.2, -0.15) is 0 Å². The van der Waals surface area contributed by atoms with Crippen molar-refractivity contribution < 1.29 is 0 Å². The highest BCUT2D eigenvalue weighted by Gasteiger charge is 2.17. The highest BCUT2D eigenvalue weighted by Crippen LogP contribution is 2.23. The van der Waals surface area contributed by atoms with Gasteiger partial charge in [-0.3, -0.25) is 4.90 Å². The Hall–Kier alpha value is -0.860. The lowest BCUT2D eigenvalue weighted by molar-refractivity contribution is 0.184. The van der Waals surface area contributed by atoms with E-state index >= 15 is 0 Å². The lowest BCUT2D eigenvalue weighted by atomic mass is 9.94. The third-order valence-corrected chi connectivity index (χ3v) is 4.69. The summed E-state index contributed by atoms with van der Waals surface area (Å²) in [5.41, 5.74) is 2.88. The van der Waals surface area contributed by atoms with Crippen molar-refractivity contribution >= 4 is 0 Å². The van der Waals surface area contributed by atoms with Gasteiger partial charge in [0.1, 0.15) is 0 Å². The van der Waals surface area contributed by atoms with E-state index in [1.165, 1.54) is 43.2 Å². The molecule has 20 heavy (non-hydrogen) atoms. The van der Waals surface area contributed by atoms with E-state index in [0.717, 1.165) is 19.1 Å². The Morgan fingerprint density at radius 1 is 1.15 bits per heavy atom. The topological polar surface area (TPSA) is 15.3 Å². The van der Waals surface area contributed by atoms with Gasteiger partial charge in [0.15, 0.2) is 0 Å². The molecule has 0 aliphatic heterocycles. The van der Waals surface area contributed by atoms with Crippen LogP contribution in [0.2, 0.25) is 0 Å². The van der Waals surface area contributed by atoms with Crippen LogP contribution in [0.25, 0.3) is 0 Å². The molecule has 1 saturated carbocycles. The van der Waals surface area contributed by atoms with Crippen LogP contribution in [0.4, 0.5) is 0 Å². The van der Waals surface area contributed by atoms with Crippen molar-refractivity contribution in [2.45, 2.75) is 57.5 Å². The van der Waals surface area contributed by atoms with Crippen molar-refractivity contribution in [2.75, 3.05) is 20.6 Å². The molecule has 1 aromatic rings. The molecule has 0 heterocycles. The van der Waals surface area contributed by atoms with E-state index in [4.69, 9.17) is 0 Å². The third-order valence-electron chi connectivity index (χ3n) is 4.69. The van der Waals surface area contributed by atoms with Crippen LogP contribution in [0.3, 0.4) is 0 Å². The zero-order valence-electron chi connectivity index (χ0n) is 13.4. The van der Waals surface area contributed by atoms with Crippen LogP contribution in [-0.2, 0) is 6.54 Å². The minimum absolute atomic E-state index is 0.588. The second-order valence-corrected chi connectivity index (χ2v) is 6.41. The molecule has 0 spiro atoms. The minimum Gasteiger partial charge on any atom is -0.319 e. The van der Waals surface area contributed by atoms with Crippen LogP contribution in [0.5, 0.6) is 0 Å². The third kappa shape index (κ3) is 4.32. The Labute approximate surface area is 124 Å². The van der Waals surface area contributed by atoms with Gasteiger partial charge in [-0.25, -0.2) is 0 Å². The maximum absolute atomic E-state index is 3.25. The molecule has 2 nitrogen and oxygen atoms in total. The quantitative estimate of drug-likeness (QED) is 0.849. The van der Waals surface area contributed by atoms with E-state index in [9.17, 15) is 0 Å². The van der Waals surface area contributed by atoms with Gasteiger partial charge >= 0.3 is 0 Å². The van der Waals surface area contributed by atoms with Gasteiger partial charge in [0.05, 0.1) is 0 Å². The maximum Gasteiger partial charge on any atom is 0.0233 e. The van der Waals surface area contributed by atoms with Crippen molar-refractivity contribution in [3.63, 3.8) is 0 Å². The van der Waals surface area contributed by atoms with Gasteiger partial charge in [0.25, 0.3) is 0 Å². The van der Waals surface area contributed by atoms with Gasteiger partial charge in [-0.1, -0.05) is 50.5 Å². The fraction of sp³-hybridized carbons (Fsp3) is 0.667. The molecule has 1 atom stereocenters. The average molecular weight is 274 g/mol. The first-order valence-corrected chi connectivity index (χ1v) is 8.14. The molecule has 0 bridgehead atoms. The molecule has 1 fully saturated rings. The van der Waals surface area contributed by atoms with Gasteiger partial charge in [0.2, 0.25) is 0 Å². The van der Waals surface area contributed by atoms with Gasteiger partial charge < -0.3 is 5.32 Å². The predicted molar refractivity (Wildman–Crippen MR) is 87.1 cm³/mol. The van der Waals surface area contributed by atoms with E-state index in [1.807, 2.05) is 7.05 Å². The number of likely N-dealkylation sites (N-methyl/N-ethyl adjacent to an activating group) is 1. The van der Waals surface area contributed by atoms with Gasteiger partial charge in [-0.15, -0.1) is 0 Å². The molecule has 0 amide bonds. The molecule has 1 unspecified atom stereocenters. The van der Waals surface area contributed by atoms with Gasteiger partial charge in [-0.05, 0) is 44.0 Å². The number of hydrogen-bond donors (Lipinski definition) is 1. The molecule has 2 heteroatoms. The smallest absolute Gasteiger partial charge is 0.0233 e. The van der Waals surface area contributed by atoms with Crippen molar-refractivity contribution in [1.29, 1.82) is 0 Å². The molecule has 0 radical (unpaired) electrons. The molecule has 1 aromatic carbocycles. The Bertz CT molecular complexity index is 379. The van der Waals surface area contributed by atoms with Crippen LogP contribution in [0.15, 0.2) is 24.3 Å². The number of benzene rings is 1. The molecular weight excluding hydrogens is 244 g/mol. The normalized spacial score (nSPS) is 18.4.